The second kappa shape index (κ2) is 8.39. The summed E-state index contributed by atoms with van der Waals surface area (Å²) in [4.78, 5) is 5.14. The molecule has 0 saturated carbocycles. The van der Waals surface area contributed by atoms with E-state index in [9.17, 15) is 0 Å². The Kier molecular flexibility index (Phi) is 4.79. The van der Waals surface area contributed by atoms with Crippen molar-refractivity contribution in [1.82, 2.24) is 9.38 Å². The number of hydrogen-bond acceptors (Lipinski definition) is 2. The van der Waals surface area contributed by atoms with Crippen molar-refractivity contribution >= 4 is 72.2 Å². The van der Waals surface area contributed by atoms with Crippen LogP contribution in [0.4, 0.5) is 0 Å². The van der Waals surface area contributed by atoms with E-state index in [0.29, 0.717) is 0 Å². The summed E-state index contributed by atoms with van der Waals surface area (Å²) >= 11 is 0. The quantitative estimate of drug-likeness (QED) is 0.178. The first-order valence-electron chi connectivity index (χ1n) is 13.1. The molecule has 184 valence electrons. The van der Waals surface area contributed by atoms with Crippen molar-refractivity contribution in [2.45, 2.75) is 0 Å². The summed E-state index contributed by atoms with van der Waals surface area (Å²) in [6.45, 7) is 0. The first-order chi connectivity index (χ1) is 19.2. The van der Waals surface area contributed by atoms with Crippen LogP contribution >= 0.6 is 7.14 Å². The second-order valence-corrected chi connectivity index (χ2v) is 12.7. The number of rotatable bonds is 3. The molecule has 8 rings (SSSR count). The zero-order valence-electron chi connectivity index (χ0n) is 21.0. The molecule has 0 saturated heterocycles. The molecule has 0 aliphatic rings. The first-order valence-corrected chi connectivity index (χ1v) is 14.8. The molecule has 0 fully saturated rings. The zero-order valence-corrected chi connectivity index (χ0v) is 21.9. The fourth-order valence-electron chi connectivity index (χ4n) is 6.12. The predicted molar refractivity (Wildman–Crippen MR) is 165 cm³/mol. The van der Waals surface area contributed by atoms with E-state index in [1.165, 1.54) is 0 Å². The molecule has 0 unspecified atom stereocenters. The number of para-hydroxylation sites is 3. The van der Waals surface area contributed by atoms with Gasteiger partial charge in [0.1, 0.15) is 5.65 Å². The fourth-order valence-corrected chi connectivity index (χ4v) is 9.00. The molecule has 3 nitrogen and oxygen atoms in total. The van der Waals surface area contributed by atoms with E-state index >= 15 is 4.57 Å². The molecule has 39 heavy (non-hydrogen) atoms. The van der Waals surface area contributed by atoms with Crippen LogP contribution in [0.25, 0.3) is 49.1 Å². The molecule has 0 aliphatic heterocycles. The van der Waals surface area contributed by atoms with Crippen molar-refractivity contribution in [3.63, 3.8) is 0 Å². The lowest BCUT2D eigenvalue weighted by atomic mass is 9.99. The topological polar surface area (TPSA) is 34.4 Å². The first kappa shape index (κ1) is 22.3. The van der Waals surface area contributed by atoms with Crippen molar-refractivity contribution < 1.29 is 4.57 Å². The van der Waals surface area contributed by atoms with Crippen LogP contribution in [-0.4, -0.2) is 9.38 Å². The third-order valence-electron chi connectivity index (χ3n) is 7.82. The zero-order chi connectivity index (χ0) is 26.0. The maximum atomic E-state index is 15.6. The van der Waals surface area contributed by atoms with Crippen LogP contribution in [0.15, 0.2) is 140 Å². The van der Waals surface area contributed by atoms with Gasteiger partial charge < -0.3 is 4.57 Å². The van der Waals surface area contributed by atoms with Crippen LogP contribution in [0.5, 0.6) is 0 Å². The van der Waals surface area contributed by atoms with Gasteiger partial charge in [0.15, 0.2) is 7.14 Å². The maximum Gasteiger partial charge on any atom is 0.171 e. The van der Waals surface area contributed by atoms with E-state index in [-0.39, 0.29) is 0 Å². The SMILES string of the molecule is O=P(c1ccccc1)(c1ccccc1)c1cc2c(c3ccccc13)c1ccccc1n1c3ccccc3nc21. The largest absolute Gasteiger partial charge is 0.309 e. The Hall–Kier alpha value is -4.72. The van der Waals surface area contributed by atoms with Crippen molar-refractivity contribution in [2.24, 2.45) is 0 Å². The Morgan fingerprint density at radius 3 is 1.74 bits per heavy atom. The monoisotopic (exact) mass is 518 g/mol. The van der Waals surface area contributed by atoms with Gasteiger partial charge in [-0.2, -0.15) is 0 Å². The van der Waals surface area contributed by atoms with E-state index in [1.54, 1.807) is 0 Å². The molecule has 0 radical (unpaired) electrons. The predicted octanol–water partition coefficient (Wildman–Crippen LogP) is 7.59. The average Bonchev–Trinajstić information content (AvgIpc) is 3.41. The van der Waals surface area contributed by atoms with Crippen LogP contribution in [0.1, 0.15) is 0 Å². The highest BCUT2D eigenvalue weighted by Gasteiger charge is 2.32. The van der Waals surface area contributed by atoms with Crippen LogP contribution in [0, 0.1) is 0 Å². The highest BCUT2D eigenvalue weighted by molar-refractivity contribution is 7.85. The lowest BCUT2D eigenvalue weighted by Crippen LogP contribution is -2.25. The molecule has 0 bridgehead atoms. The summed E-state index contributed by atoms with van der Waals surface area (Å²) in [7, 11) is -3.24. The van der Waals surface area contributed by atoms with Gasteiger partial charge in [0, 0.05) is 32.1 Å². The van der Waals surface area contributed by atoms with Gasteiger partial charge in [-0.25, -0.2) is 4.98 Å². The third-order valence-corrected chi connectivity index (χ3v) is 10.9. The number of benzene rings is 6. The maximum absolute atomic E-state index is 15.6. The number of pyridine rings is 1. The van der Waals surface area contributed by atoms with E-state index in [2.05, 4.69) is 71.1 Å². The smallest absolute Gasteiger partial charge is 0.171 e. The third kappa shape index (κ3) is 3.11. The standard InChI is InChI=1S/C35H23N2OP/c38-39(24-13-3-1-4-14-24,25-15-5-2-6-16-25)33-23-29-34(27-18-8-7-17-26(27)33)28-19-9-11-21-31(28)37-32-22-12-10-20-30(32)36-35(29)37/h1-23H. The second-order valence-electron chi connectivity index (χ2n) is 9.92. The van der Waals surface area contributed by atoms with E-state index < -0.39 is 7.14 Å². The number of imidazole rings is 1. The highest BCUT2D eigenvalue weighted by atomic mass is 31.2. The lowest BCUT2D eigenvalue weighted by molar-refractivity contribution is 0.592. The Bertz CT molecular complexity index is 2210. The Labute approximate surface area is 225 Å². The van der Waals surface area contributed by atoms with Gasteiger partial charge in [-0.05, 0) is 35.0 Å². The van der Waals surface area contributed by atoms with E-state index in [4.69, 9.17) is 4.98 Å². The van der Waals surface area contributed by atoms with Gasteiger partial charge in [-0.1, -0.05) is 115 Å². The minimum absolute atomic E-state index is 0.825. The van der Waals surface area contributed by atoms with Crippen LogP contribution in [0.2, 0.25) is 0 Å². The summed E-state index contributed by atoms with van der Waals surface area (Å²) in [5.41, 5.74) is 4.00. The van der Waals surface area contributed by atoms with E-state index in [0.717, 1.165) is 65.0 Å². The number of hydrogen-bond donors (Lipinski definition) is 0. The fraction of sp³-hybridized carbons (Fsp3) is 0. The molecule has 2 heterocycles. The minimum Gasteiger partial charge on any atom is -0.309 e. The van der Waals surface area contributed by atoms with E-state index in [1.807, 2.05) is 72.8 Å². The Morgan fingerprint density at radius 1 is 0.513 bits per heavy atom. The molecule has 2 aromatic heterocycles. The summed E-state index contributed by atoms with van der Waals surface area (Å²) in [6.07, 6.45) is 0. The summed E-state index contributed by atoms with van der Waals surface area (Å²) in [5, 5.41) is 7.88. The Morgan fingerprint density at radius 2 is 1.05 bits per heavy atom. The molecule has 8 aromatic rings. The van der Waals surface area contributed by atoms with Crippen molar-refractivity contribution in [1.29, 1.82) is 0 Å². The molecular formula is C35H23N2OP. The van der Waals surface area contributed by atoms with Gasteiger partial charge >= 0.3 is 0 Å². The highest BCUT2D eigenvalue weighted by Crippen LogP contribution is 2.47. The number of aromatic nitrogens is 2. The van der Waals surface area contributed by atoms with Crippen LogP contribution in [0.3, 0.4) is 0 Å². The normalized spacial score (nSPS) is 12.2. The molecule has 0 aliphatic carbocycles. The Balaban J connectivity index is 1.65. The summed E-state index contributed by atoms with van der Waals surface area (Å²) in [5.74, 6) is 0. The average molecular weight is 519 g/mol. The molecule has 0 amide bonds. The van der Waals surface area contributed by atoms with Gasteiger partial charge in [-0.15, -0.1) is 0 Å². The van der Waals surface area contributed by atoms with Crippen LogP contribution in [-0.2, 0) is 4.57 Å². The molecular weight excluding hydrogens is 495 g/mol. The van der Waals surface area contributed by atoms with Gasteiger partial charge in [0.2, 0.25) is 0 Å². The van der Waals surface area contributed by atoms with Gasteiger partial charge in [0.05, 0.1) is 16.6 Å². The van der Waals surface area contributed by atoms with Crippen molar-refractivity contribution in [3.05, 3.63) is 140 Å². The van der Waals surface area contributed by atoms with Crippen molar-refractivity contribution in [3.8, 4) is 0 Å². The van der Waals surface area contributed by atoms with Gasteiger partial charge in [0.25, 0.3) is 0 Å². The molecule has 4 heteroatoms. The molecule has 0 atom stereocenters. The lowest BCUT2D eigenvalue weighted by Gasteiger charge is -2.23. The summed E-state index contributed by atoms with van der Waals surface area (Å²) < 4.78 is 17.9. The molecule has 0 spiro atoms. The number of fused-ring (bicyclic) bond motifs is 10. The minimum atomic E-state index is -3.24. The van der Waals surface area contributed by atoms with Gasteiger partial charge in [-0.3, -0.25) is 4.40 Å². The molecule has 6 aromatic carbocycles. The molecule has 0 N–H and O–H groups in total. The number of nitrogens with zero attached hydrogens (tertiary/aromatic N) is 2. The van der Waals surface area contributed by atoms with Crippen molar-refractivity contribution in [2.75, 3.05) is 0 Å². The van der Waals surface area contributed by atoms with Crippen LogP contribution < -0.4 is 15.9 Å². The summed E-state index contributed by atoms with van der Waals surface area (Å²) in [6, 6.07) is 47.1.